The monoisotopic (exact) mass is 789 g/mol. The Balaban J connectivity index is -0.00000000333. The zero-order valence-corrected chi connectivity index (χ0v) is 26.8. The molecule has 0 unspecified atom stereocenters. The van der Waals surface area contributed by atoms with Crippen LogP contribution in [0, 0.1) is 0 Å². The summed E-state index contributed by atoms with van der Waals surface area (Å²) in [5.74, 6) is 0. The van der Waals surface area contributed by atoms with Gasteiger partial charge in [0, 0.05) is 0 Å². The third-order valence-electron chi connectivity index (χ3n) is 0. The predicted molar refractivity (Wildman–Crippen MR) is 23.6 cm³/mol. The average Bonchev–Trinajstić information content (AvgIpc) is 0.918. The molecule has 0 saturated heterocycles. The second-order valence-electron chi connectivity index (χ2n) is 0.0714. The molecule has 0 aromatic carbocycles. The van der Waals surface area contributed by atoms with Crippen LogP contribution in [0.3, 0.4) is 0 Å². The molecule has 0 aliphatic carbocycles. The molecule has 34 valence electrons. The zero-order chi connectivity index (χ0) is 2.71. The second kappa shape index (κ2) is 29.3. The molecule has 0 amide bonds. The van der Waals surface area contributed by atoms with E-state index < -0.39 is 0 Å². The summed E-state index contributed by atoms with van der Waals surface area (Å²) in [6.45, 7) is 0. The van der Waals surface area contributed by atoms with Crippen LogP contribution in [0.25, 0.3) is 0 Å². The SMILES string of the molecule is [Br-].[Br-].[Br][Pb][Br].[Cs+].[Cs+]. The molecular formula is Br4Cs2Pb. The van der Waals surface area contributed by atoms with Gasteiger partial charge in [-0.25, -0.2) is 0 Å². The molecule has 7 heavy (non-hydrogen) atoms. The van der Waals surface area contributed by atoms with Gasteiger partial charge in [-0.2, -0.15) is 0 Å². The third kappa shape index (κ3) is 32.1. The van der Waals surface area contributed by atoms with Crippen molar-refractivity contribution in [2.24, 2.45) is 0 Å². The van der Waals surface area contributed by atoms with Crippen molar-refractivity contribution in [1.29, 1.82) is 0 Å². The molecule has 0 spiro atoms. The molecule has 0 aliphatic rings. The molecule has 0 rings (SSSR count). The molecule has 0 nitrogen and oxygen atoms in total. The Hall–Kier alpha value is 6.95. The molecule has 0 aromatic rings. The summed E-state index contributed by atoms with van der Waals surface area (Å²) in [6, 6.07) is 0. The fourth-order valence-electron chi connectivity index (χ4n) is 0. The summed E-state index contributed by atoms with van der Waals surface area (Å²) in [4.78, 5) is 0. The van der Waals surface area contributed by atoms with Gasteiger partial charge in [-0.05, 0) is 0 Å². The quantitative estimate of drug-likeness (QED) is 0.214. The summed E-state index contributed by atoms with van der Waals surface area (Å²) < 4.78 is 0. The van der Waals surface area contributed by atoms with E-state index in [4.69, 9.17) is 0 Å². The Kier molecular flexibility index (Phi) is 122. The second-order valence-corrected chi connectivity index (χ2v) is 16.9. The molecule has 0 aromatic heterocycles. The molecule has 0 bridgehead atoms. The van der Waals surface area contributed by atoms with Crippen LogP contribution in [0.2, 0.25) is 0 Å². The van der Waals surface area contributed by atoms with E-state index in [1.165, 1.54) is 0 Å². The van der Waals surface area contributed by atoms with E-state index in [1.54, 1.807) is 0 Å². The molecule has 0 atom stereocenters. The van der Waals surface area contributed by atoms with Crippen molar-refractivity contribution in [3.63, 3.8) is 0 Å². The number of rotatable bonds is 0. The first-order valence-electron chi connectivity index (χ1n) is 0.378. The van der Waals surface area contributed by atoms with Crippen molar-refractivity contribution in [3.8, 4) is 0 Å². The largest absolute Gasteiger partial charge is 1.00 e. The van der Waals surface area contributed by atoms with E-state index in [0.29, 0.717) is 0 Å². The molecule has 0 heterocycles. The topological polar surface area (TPSA) is 0 Å². The molecular weight excluding hydrogens is 793 g/mol. The van der Waals surface area contributed by atoms with Crippen LogP contribution < -0.4 is 172 Å². The van der Waals surface area contributed by atoms with E-state index in [-0.39, 0.29) is 191 Å². The van der Waals surface area contributed by atoms with Crippen molar-refractivity contribution in [1.82, 2.24) is 0 Å². The summed E-state index contributed by atoms with van der Waals surface area (Å²) >= 11 is 6.22. The van der Waals surface area contributed by atoms with Crippen LogP contribution in [-0.2, 0) is 0 Å². The zero-order valence-electron chi connectivity index (χ0n) is 4.01. The Morgan fingerprint density at radius 3 is 0.857 bits per heavy atom. The average molecular weight is 793 g/mol. The molecule has 2 radical (unpaired) electrons. The number of halogens is 4. The van der Waals surface area contributed by atoms with Crippen LogP contribution in [-0.4, -0.2) is 19.4 Å². The van der Waals surface area contributed by atoms with Gasteiger partial charge in [-0.3, -0.25) is 0 Å². The fraction of sp³-hybridized carbons (Fsp3) is 0. The van der Waals surface area contributed by atoms with E-state index in [1.807, 2.05) is 0 Å². The molecule has 7 heteroatoms. The molecule has 0 aliphatic heterocycles. The van der Waals surface area contributed by atoms with Crippen LogP contribution in [0.1, 0.15) is 0 Å². The maximum Gasteiger partial charge on any atom is 1.00 e. The smallest absolute Gasteiger partial charge is 1.00 e. The Labute approximate surface area is 206 Å². The van der Waals surface area contributed by atoms with Gasteiger partial charge in [0.05, 0.1) is 0 Å². The summed E-state index contributed by atoms with van der Waals surface area (Å²) in [6.07, 6.45) is 0. The van der Waals surface area contributed by atoms with Gasteiger partial charge in [-0.15, -0.1) is 0 Å². The minimum Gasteiger partial charge on any atom is 1.00 e. The molecule has 0 fully saturated rings. The maximum atomic E-state index is 3.26. The summed E-state index contributed by atoms with van der Waals surface area (Å²) in [5, 5.41) is 0. The first-order chi connectivity index (χ1) is 1.41. The van der Waals surface area contributed by atoms with Gasteiger partial charge in [0.2, 0.25) is 0 Å². The Morgan fingerprint density at radius 1 is 0.857 bits per heavy atom. The van der Waals surface area contributed by atoms with Crippen molar-refractivity contribution < 1.29 is 172 Å². The van der Waals surface area contributed by atoms with Crippen LogP contribution in [0.5, 0.6) is 0 Å². The maximum absolute atomic E-state index is 3.26. The number of hydrogen-bond donors (Lipinski definition) is 0. The summed E-state index contributed by atoms with van der Waals surface area (Å²) in [5.41, 5.74) is 0. The normalized spacial score (nSPS) is 2.57. The minimum atomic E-state index is -0.292. The van der Waals surface area contributed by atoms with Gasteiger partial charge < -0.3 is 34.0 Å². The minimum absolute atomic E-state index is 0. The Morgan fingerprint density at radius 2 is 0.857 bits per heavy atom. The van der Waals surface area contributed by atoms with Crippen LogP contribution in [0.15, 0.2) is 0 Å². The fourth-order valence-corrected chi connectivity index (χ4v) is 0. The van der Waals surface area contributed by atoms with Gasteiger partial charge in [0.25, 0.3) is 0 Å². The van der Waals surface area contributed by atoms with Crippen molar-refractivity contribution in [3.05, 3.63) is 0 Å². The van der Waals surface area contributed by atoms with Crippen molar-refractivity contribution in [2.75, 3.05) is 0 Å². The van der Waals surface area contributed by atoms with E-state index in [9.17, 15) is 0 Å². The molecule has 0 N–H and O–H groups in total. The first-order valence-corrected chi connectivity index (χ1v) is 17.2. The van der Waals surface area contributed by atoms with Gasteiger partial charge in [-0.1, -0.05) is 0 Å². The predicted octanol–water partition coefficient (Wildman–Crippen LogP) is -10.7. The standard InChI is InChI=1S/4BrH.2Cs.Pb/h4*1H;;;/q;;;;2*+1;+2/p-4. The van der Waals surface area contributed by atoms with Gasteiger partial charge in [0.15, 0.2) is 0 Å². The van der Waals surface area contributed by atoms with Crippen LogP contribution >= 0.6 is 24.0 Å². The van der Waals surface area contributed by atoms with Crippen molar-refractivity contribution >= 4 is 43.4 Å². The molecule has 0 saturated carbocycles. The number of hydrogen-bond acceptors (Lipinski definition) is 0. The van der Waals surface area contributed by atoms with Gasteiger partial charge in [0.1, 0.15) is 0 Å². The van der Waals surface area contributed by atoms with E-state index >= 15 is 0 Å². The van der Waals surface area contributed by atoms with Gasteiger partial charge >= 0.3 is 181 Å². The van der Waals surface area contributed by atoms with Crippen LogP contribution in [0.4, 0.5) is 0 Å². The van der Waals surface area contributed by atoms with E-state index in [2.05, 4.69) is 24.0 Å². The van der Waals surface area contributed by atoms with E-state index in [0.717, 1.165) is 0 Å². The Bertz CT molecular complexity index is 9.65. The summed E-state index contributed by atoms with van der Waals surface area (Å²) in [7, 11) is 0. The third-order valence-corrected chi connectivity index (χ3v) is 0. The van der Waals surface area contributed by atoms with Crippen molar-refractivity contribution in [2.45, 2.75) is 0 Å². The first kappa shape index (κ1) is 29.2.